The highest BCUT2D eigenvalue weighted by atomic mass is 35.5. The molecular weight excluding hydrogens is 362 g/mol. The molecule has 0 atom stereocenters. The summed E-state index contributed by atoms with van der Waals surface area (Å²) in [5, 5.41) is 10.9. The van der Waals surface area contributed by atoms with Crippen molar-refractivity contribution in [3.8, 4) is 17.0 Å². The number of aromatic amines is 1. The summed E-state index contributed by atoms with van der Waals surface area (Å²) in [6.45, 7) is 0. The molecule has 0 bridgehead atoms. The summed E-state index contributed by atoms with van der Waals surface area (Å²) in [6.07, 6.45) is 6.03. The van der Waals surface area contributed by atoms with Crippen LogP contribution in [-0.2, 0) is 11.2 Å². The minimum atomic E-state index is -0.872. The summed E-state index contributed by atoms with van der Waals surface area (Å²) < 4.78 is 6.17. The number of nitrogens with one attached hydrogen (secondary N) is 1. The summed E-state index contributed by atoms with van der Waals surface area (Å²) in [5.74, 6) is -0.0754. The zero-order valence-electron chi connectivity index (χ0n) is 15.0. The third-order valence-electron chi connectivity index (χ3n) is 5.20. The van der Waals surface area contributed by atoms with Gasteiger partial charge in [0.1, 0.15) is 5.75 Å². The second-order valence-electron chi connectivity index (χ2n) is 7.11. The standard InChI is InChI=1S/C22H22ClNO3/c23-19-9-5-4-8-16(19)22-18(13-21(25)26)17-12-15(10-11-20(17)24-22)27-14-6-2-1-3-7-14/h4-5,8-12,14,24H,1-3,6-7,13H2,(H,25,26). The van der Waals surface area contributed by atoms with Crippen LogP contribution in [0.5, 0.6) is 5.75 Å². The van der Waals surface area contributed by atoms with E-state index in [1.54, 1.807) is 0 Å². The number of aromatic nitrogens is 1. The minimum Gasteiger partial charge on any atom is -0.490 e. The van der Waals surface area contributed by atoms with E-state index in [0.717, 1.165) is 46.3 Å². The van der Waals surface area contributed by atoms with Crippen LogP contribution in [0.2, 0.25) is 5.02 Å². The number of ether oxygens (including phenoxy) is 1. The first-order chi connectivity index (χ1) is 13.1. The molecule has 0 spiro atoms. The number of benzene rings is 2. The highest BCUT2D eigenvalue weighted by Gasteiger charge is 2.19. The van der Waals surface area contributed by atoms with Gasteiger partial charge in [-0.05, 0) is 55.5 Å². The van der Waals surface area contributed by atoms with Gasteiger partial charge in [0, 0.05) is 21.5 Å². The van der Waals surface area contributed by atoms with E-state index in [2.05, 4.69) is 4.98 Å². The molecule has 4 rings (SSSR count). The molecule has 1 fully saturated rings. The third-order valence-corrected chi connectivity index (χ3v) is 5.53. The topological polar surface area (TPSA) is 62.3 Å². The maximum absolute atomic E-state index is 11.5. The lowest BCUT2D eigenvalue weighted by atomic mass is 9.98. The van der Waals surface area contributed by atoms with Gasteiger partial charge in [-0.15, -0.1) is 0 Å². The molecule has 5 heteroatoms. The van der Waals surface area contributed by atoms with Gasteiger partial charge in [0.2, 0.25) is 0 Å². The van der Waals surface area contributed by atoms with E-state index in [-0.39, 0.29) is 12.5 Å². The van der Waals surface area contributed by atoms with Gasteiger partial charge in [0.25, 0.3) is 0 Å². The van der Waals surface area contributed by atoms with Crippen LogP contribution in [0.3, 0.4) is 0 Å². The highest BCUT2D eigenvalue weighted by molar-refractivity contribution is 6.33. The molecule has 1 aromatic heterocycles. The van der Waals surface area contributed by atoms with Crippen LogP contribution in [0.1, 0.15) is 37.7 Å². The number of rotatable bonds is 5. The van der Waals surface area contributed by atoms with Crippen LogP contribution in [0, 0.1) is 0 Å². The second kappa shape index (κ2) is 7.65. The minimum absolute atomic E-state index is 0.0760. The lowest BCUT2D eigenvalue weighted by Gasteiger charge is -2.23. The number of hydrogen-bond donors (Lipinski definition) is 2. The van der Waals surface area contributed by atoms with Crippen molar-refractivity contribution in [2.75, 3.05) is 0 Å². The molecular formula is C22H22ClNO3. The number of fused-ring (bicyclic) bond motifs is 1. The molecule has 2 N–H and O–H groups in total. The zero-order chi connectivity index (χ0) is 18.8. The second-order valence-corrected chi connectivity index (χ2v) is 7.52. The Morgan fingerprint density at radius 2 is 1.93 bits per heavy atom. The molecule has 2 aromatic carbocycles. The van der Waals surface area contributed by atoms with E-state index in [1.807, 2.05) is 42.5 Å². The van der Waals surface area contributed by atoms with E-state index < -0.39 is 5.97 Å². The average Bonchev–Trinajstić information content (AvgIpc) is 3.00. The van der Waals surface area contributed by atoms with Crippen molar-refractivity contribution in [3.63, 3.8) is 0 Å². The van der Waals surface area contributed by atoms with E-state index in [9.17, 15) is 9.90 Å². The Kier molecular flexibility index (Phi) is 5.08. The number of carboxylic acid groups (broad SMARTS) is 1. The summed E-state index contributed by atoms with van der Waals surface area (Å²) in [4.78, 5) is 14.9. The van der Waals surface area contributed by atoms with Crippen LogP contribution in [0.25, 0.3) is 22.2 Å². The Balaban J connectivity index is 1.77. The van der Waals surface area contributed by atoms with E-state index in [0.29, 0.717) is 5.02 Å². The van der Waals surface area contributed by atoms with Crippen molar-refractivity contribution in [1.29, 1.82) is 0 Å². The van der Waals surface area contributed by atoms with Crippen molar-refractivity contribution in [1.82, 2.24) is 4.98 Å². The number of aliphatic carboxylic acids is 1. The summed E-state index contributed by atoms with van der Waals surface area (Å²) in [6, 6.07) is 13.3. The lowest BCUT2D eigenvalue weighted by Crippen LogP contribution is -2.19. The van der Waals surface area contributed by atoms with Crippen molar-refractivity contribution in [2.45, 2.75) is 44.6 Å². The fourth-order valence-electron chi connectivity index (χ4n) is 3.90. The molecule has 0 aliphatic heterocycles. The van der Waals surface area contributed by atoms with Gasteiger partial charge < -0.3 is 14.8 Å². The number of hydrogen-bond acceptors (Lipinski definition) is 2. The van der Waals surface area contributed by atoms with Crippen LogP contribution >= 0.6 is 11.6 Å². The van der Waals surface area contributed by atoms with E-state index in [4.69, 9.17) is 16.3 Å². The fraction of sp³-hybridized carbons (Fsp3) is 0.318. The third kappa shape index (κ3) is 3.81. The first-order valence-electron chi connectivity index (χ1n) is 9.40. The Morgan fingerprint density at radius 3 is 2.67 bits per heavy atom. The predicted molar refractivity (Wildman–Crippen MR) is 108 cm³/mol. The molecule has 0 unspecified atom stereocenters. The van der Waals surface area contributed by atoms with Crippen molar-refractivity contribution < 1.29 is 14.6 Å². The van der Waals surface area contributed by atoms with Crippen LogP contribution in [0.4, 0.5) is 0 Å². The molecule has 27 heavy (non-hydrogen) atoms. The van der Waals surface area contributed by atoms with Crippen molar-refractivity contribution in [2.24, 2.45) is 0 Å². The van der Waals surface area contributed by atoms with Gasteiger partial charge in [-0.25, -0.2) is 0 Å². The molecule has 0 amide bonds. The molecule has 1 heterocycles. The number of carboxylic acids is 1. The summed E-state index contributed by atoms with van der Waals surface area (Å²) in [7, 11) is 0. The zero-order valence-corrected chi connectivity index (χ0v) is 15.8. The van der Waals surface area contributed by atoms with Crippen molar-refractivity contribution in [3.05, 3.63) is 53.1 Å². The van der Waals surface area contributed by atoms with Gasteiger partial charge in [-0.2, -0.15) is 0 Å². The molecule has 1 aliphatic carbocycles. The first-order valence-corrected chi connectivity index (χ1v) is 9.77. The Labute approximate surface area is 163 Å². The molecule has 4 nitrogen and oxygen atoms in total. The predicted octanol–water partition coefficient (Wildman–Crippen LogP) is 5.83. The monoisotopic (exact) mass is 383 g/mol. The summed E-state index contributed by atoms with van der Waals surface area (Å²) >= 11 is 6.36. The SMILES string of the molecule is O=C(O)Cc1c(-c2ccccc2Cl)[nH]c2ccc(OC3CCCCC3)cc12. The molecule has 0 radical (unpaired) electrons. The normalized spacial score (nSPS) is 15.1. The quantitative estimate of drug-likeness (QED) is 0.582. The molecule has 3 aromatic rings. The van der Waals surface area contributed by atoms with Gasteiger partial charge >= 0.3 is 5.97 Å². The average molecular weight is 384 g/mol. The Morgan fingerprint density at radius 1 is 1.15 bits per heavy atom. The highest BCUT2D eigenvalue weighted by Crippen LogP contribution is 2.36. The maximum atomic E-state index is 11.5. The van der Waals surface area contributed by atoms with Gasteiger partial charge in [-0.3, -0.25) is 4.79 Å². The van der Waals surface area contributed by atoms with Gasteiger partial charge in [-0.1, -0.05) is 36.2 Å². The molecule has 1 aliphatic rings. The Hall–Kier alpha value is -2.46. The first kappa shape index (κ1) is 17.9. The molecule has 140 valence electrons. The number of H-pyrrole nitrogens is 1. The Bertz CT molecular complexity index is 973. The molecule has 0 saturated heterocycles. The van der Waals surface area contributed by atoms with Crippen LogP contribution in [0.15, 0.2) is 42.5 Å². The van der Waals surface area contributed by atoms with Crippen LogP contribution in [-0.4, -0.2) is 22.2 Å². The number of carbonyl (C=O) groups is 1. The van der Waals surface area contributed by atoms with Gasteiger partial charge in [0.15, 0.2) is 0 Å². The van der Waals surface area contributed by atoms with E-state index >= 15 is 0 Å². The van der Waals surface area contributed by atoms with Gasteiger partial charge in [0.05, 0.1) is 18.2 Å². The van der Waals surface area contributed by atoms with Crippen LogP contribution < -0.4 is 4.74 Å². The van der Waals surface area contributed by atoms with Crippen molar-refractivity contribution >= 4 is 28.5 Å². The van der Waals surface area contributed by atoms with E-state index in [1.165, 1.54) is 19.3 Å². The largest absolute Gasteiger partial charge is 0.490 e. The summed E-state index contributed by atoms with van der Waals surface area (Å²) in [5.41, 5.74) is 3.19. The number of halogens is 1. The lowest BCUT2D eigenvalue weighted by molar-refractivity contribution is -0.136. The molecule has 1 saturated carbocycles. The smallest absolute Gasteiger partial charge is 0.307 e. The maximum Gasteiger partial charge on any atom is 0.307 e. The fourth-order valence-corrected chi connectivity index (χ4v) is 4.13.